The van der Waals surface area contributed by atoms with Crippen molar-refractivity contribution in [1.82, 2.24) is 0 Å². The molecule has 2 rings (SSSR count). The minimum Gasteiger partial charge on any atom is -0.393 e. The van der Waals surface area contributed by atoms with Crippen LogP contribution in [0.3, 0.4) is 0 Å². The molecule has 0 heterocycles. The van der Waals surface area contributed by atoms with Gasteiger partial charge in [-0.15, -0.1) is 0 Å². The molecular weight excluding hydrogens is 356 g/mol. The second-order valence-corrected chi connectivity index (χ2v) is 5.23. The molecule has 14 nitrogen and oxygen atoms in total. The van der Waals surface area contributed by atoms with E-state index >= 15 is 0 Å². The number of rotatable bonds is 5. The Kier molecular flexibility index (Phi) is 4.26. The highest BCUT2D eigenvalue weighted by Crippen LogP contribution is 2.38. The Balaban J connectivity index is 2.77. The summed E-state index contributed by atoms with van der Waals surface area (Å²) in [7, 11) is 0. The summed E-state index contributed by atoms with van der Waals surface area (Å²) in [6.07, 6.45) is -0.0477. The number of benzene rings is 1. The third kappa shape index (κ3) is 2.64. The normalized spacial score (nSPS) is 15.9. The van der Waals surface area contributed by atoms with Gasteiger partial charge in [0.1, 0.15) is 15.5 Å². The van der Waals surface area contributed by atoms with Crippen LogP contribution in [-0.4, -0.2) is 25.4 Å². The predicted octanol–water partition coefficient (Wildman–Crippen LogP) is 0.661. The van der Waals surface area contributed by atoms with Crippen molar-refractivity contribution in [1.29, 1.82) is 0 Å². The molecule has 1 aromatic carbocycles. The molecule has 0 radical (unpaired) electrons. The topological polar surface area (TPSA) is 225 Å². The highest BCUT2D eigenvalue weighted by molar-refractivity contribution is 5.75. The number of nitrogen functional groups attached to an aromatic ring is 1. The third-order valence-electron chi connectivity index (χ3n) is 3.82. The van der Waals surface area contributed by atoms with Crippen LogP contribution in [0.5, 0.6) is 0 Å². The van der Waals surface area contributed by atoms with Gasteiger partial charge >= 0.3 is 5.66 Å². The summed E-state index contributed by atoms with van der Waals surface area (Å²) >= 11 is 0. The second-order valence-electron chi connectivity index (χ2n) is 5.23. The van der Waals surface area contributed by atoms with Gasteiger partial charge in [-0.2, -0.15) is 0 Å². The van der Waals surface area contributed by atoms with Crippen LogP contribution < -0.4 is 11.5 Å². The smallest absolute Gasteiger partial charge is 0.393 e. The number of nitrogens with two attached hydrogens (primary N) is 2. The molecule has 26 heavy (non-hydrogen) atoms. The van der Waals surface area contributed by atoms with E-state index in [2.05, 4.69) is 0 Å². The average molecular weight is 366 g/mol. The van der Waals surface area contributed by atoms with Crippen molar-refractivity contribution in [2.45, 2.75) is 12.1 Å². The van der Waals surface area contributed by atoms with Gasteiger partial charge in [0, 0.05) is 6.07 Å². The first-order valence-corrected chi connectivity index (χ1v) is 6.70. The second kappa shape index (κ2) is 6.08. The molecular formula is C12H10N6O8. The molecule has 0 atom stereocenters. The maximum absolute atomic E-state index is 11.4. The summed E-state index contributed by atoms with van der Waals surface area (Å²) in [6, 6.07) is 3.24. The van der Waals surface area contributed by atoms with Crippen LogP contribution in [0, 0.1) is 40.5 Å². The van der Waals surface area contributed by atoms with Gasteiger partial charge in [0.05, 0.1) is 22.3 Å². The fourth-order valence-corrected chi connectivity index (χ4v) is 2.48. The standard InChI is InChI=1S/C12H10N6O8/c13-8-2-1-6(3-9(8)15(19)20)7-4-10(16(21)22)11(14)12(5-7,17(23)24)18(25)26/h1-3,5H,4,13-14H2. The molecule has 0 aromatic heterocycles. The minimum atomic E-state index is -3.26. The Morgan fingerprint density at radius 2 is 1.50 bits per heavy atom. The van der Waals surface area contributed by atoms with Crippen molar-refractivity contribution in [3.8, 4) is 0 Å². The number of hydrogen-bond acceptors (Lipinski definition) is 10. The first kappa shape index (κ1) is 18.2. The molecule has 1 aliphatic carbocycles. The maximum atomic E-state index is 11.4. The third-order valence-corrected chi connectivity index (χ3v) is 3.82. The van der Waals surface area contributed by atoms with E-state index in [-0.39, 0.29) is 16.8 Å². The van der Waals surface area contributed by atoms with E-state index in [9.17, 15) is 40.5 Å². The maximum Gasteiger partial charge on any atom is 0.524 e. The summed E-state index contributed by atoms with van der Waals surface area (Å²) in [5.41, 5.74) is 4.45. The fraction of sp³-hybridized carbons (Fsp3) is 0.167. The van der Waals surface area contributed by atoms with Crippen molar-refractivity contribution in [2.75, 3.05) is 5.73 Å². The van der Waals surface area contributed by atoms with E-state index in [1.54, 1.807) is 0 Å². The van der Waals surface area contributed by atoms with Gasteiger partial charge in [0.2, 0.25) is 5.70 Å². The summed E-state index contributed by atoms with van der Waals surface area (Å²) in [5.74, 6) is 0. The zero-order valence-electron chi connectivity index (χ0n) is 12.7. The molecule has 0 saturated carbocycles. The highest BCUT2D eigenvalue weighted by Gasteiger charge is 2.63. The zero-order chi connectivity index (χ0) is 19.8. The predicted molar refractivity (Wildman–Crippen MR) is 85.0 cm³/mol. The van der Waals surface area contributed by atoms with Crippen LogP contribution in [0.4, 0.5) is 11.4 Å². The van der Waals surface area contributed by atoms with Crippen LogP contribution in [-0.2, 0) is 0 Å². The number of allylic oxidation sites excluding steroid dienone is 1. The lowest BCUT2D eigenvalue weighted by molar-refractivity contribution is -0.769. The molecule has 0 unspecified atom stereocenters. The van der Waals surface area contributed by atoms with Gasteiger partial charge < -0.3 is 11.5 Å². The van der Waals surface area contributed by atoms with Gasteiger partial charge in [-0.1, -0.05) is 6.07 Å². The molecule has 136 valence electrons. The molecule has 1 aliphatic rings. The molecule has 0 bridgehead atoms. The average Bonchev–Trinajstić information content (AvgIpc) is 2.54. The summed E-state index contributed by atoms with van der Waals surface area (Å²) in [5, 5.41) is 44.9. The Morgan fingerprint density at radius 1 is 0.923 bits per heavy atom. The molecule has 14 heteroatoms. The van der Waals surface area contributed by atoms with Crippen molar-refractivity contribution in [3.05, 3.63) is 81.7 Å². The quantitative estimate of drug-likeness (QED) is 0.320. The molecule has 1 aromatic rings. The van der Waals surface area contributed by atoms with Crippen molar-refractivity contribution in [2.24, 2.45) is 5.73 Å². The van der Waals surface area contributed by atoms with Gasteiger partial charge in [0.25, 0.3) is 11.4 Å². The Hall–Kier alpha value is -4.10. The molecule has 0 fully saturated rings. The first-order valence-electron chi connectivity index (χ1n) is 6.70. The Morgan fingerprint density at radius 3 is 1.96 bits per heavy atom. The van der Waals surface area contributed by atoms with E-state index in [4.69, 9.17) is 11.5 Å². The fourth-order valence-electron chi connectivity index (χ4n) is 2.48. The lowest BCUT2D eigenvalue weighted by Gasteiger charge is -2.20. The van der Waals surface area contributed by atoms with Gasteiger partial charge in [-0.05, 0) is 17.2 Å². The monoisotopic (exact) mass is 366 g/mol. The highest BCUT2D eigenvalue weighted by atomic mass is 16.7. The molecule has 0 saturated heterocycles. The summed E-state index contributed by atoms with van der Waals surface area (Å²) < 4.78 is 0. The number of nitrogens with zero attached hydrogens (tertiary/aromatic N) is 4. The number of anilines is 1. The van der Waals surface area contributed by atoms with Crippen LogP contribution in [0.2, 0.25) is 0 Å². The lowest BCUT2D eigenvalue weighted by Crippen LogP contribution is -2.51. The van der Waals surface area contributed by atoms with E-state index in [0.29, 0.717) is 6.08 Å². The summed E-state index contributed by atoms with van der Waals surface area (Å²) in [4.78, 5) is 40.2. The summed E-state index contributed by atoms with van der Waals surface area (Å²) in [6.45, 7) is 0. The van der Waals surface area contributed by atoms with Crippen molar-refractivity contribution >= 4 is 16.9 Å². The lowest BCUT2D eigenvalue weighted by atomic mass is 9.88. The first-order chi connectivity index (χ1) is 12.0. The van der Waals surface area contributed by atoms with Crippen LogP contribution >= 0.6 is 0 Å². The molecule has 0 amide bonds. The number of nitro benzene ring substituents is 1. The van der Waals surface area contributed by atoms with E-state index in [1.165, 1.54) is 6.07 Å². The number of nitro groups is 4. The van der Waals surface area contributed by atoms with Crippen LogP contribution in [0.15, 0.2) is 35.7 Å². The SMILES string of the molecule is NC1=C([N+](=O)[O-])CC(c2ccc(N)c([N+](=O)[O-])c2)=CC1([N+](=O)[O-])[N+](=O)[O-]. The van der Waals surface area contributed by atoms with E-state index < -0.39 is 48.9 Å². The van der Waals surface area contributed by atoms with Crippen LogP contribution in [0.1, 0.15) is 12.0 Å². The van der Waals surface area contributed by atoms with Gasteiger partial charge in [0.15, 0.2) is 0 Å². The molecule has 0 spiro atoms. The van der Waals surface area contributed by atoms with E-state index in [0.717, 1.165) is 12.1 Å². The number of hydrogen-bond donors (Lipinski definition) is 2. The van der Waals surface area contributed by atoms with Crippen molar-refractivity contribution < 1.29 is 19.7 Å². The Labute approximate surface area is 143 Å². The van der Waals surface area contributed by atoms with Crippen molar-refractivity contribution in [3.63, 3.8) is 0 Å². The Bertz CT molecular complexity index is 906. The zero-order valence-corrected chi connectivity index (χ0v) is 12.7. The largest absolute Gasteiger partial charge is 0.524 e. The van der Waals surface area contributed by atoms with E-state index in [1.807, 2.05) is 0 Å². The minimum absolute atomic E-state index is 0.0641. The van der Waals surface area contributed by atoms with Gasteiger partial charge in [-0.3, -0.25) is 40.5 Å². The molecule has 0 aliphatic heterocycles. The van der Waals surface area contributed by atoms with Crippen LogP contribution in [0.25, 0.3) is 5.57 Å². The van der Waals surface area contributed by atoms with Gasteiger partial charge in [-0.25, -0.2) is 0 Å². The molecule has 4 N–H and O–H groups in total.